The average Bonchev–Trinajstić information content (AvgIpc) is 2.80. The Kier molecular flexibility index (Phi) is 3.82. The molecule has 1 aliphatic rings. The van der Waals surface area contributed by atoms with Crippen molar-refractivity contribution in [1.82, 2.24) is 10.1 Å². The van der Waals surface area contributed by atoms with Gasteiger partial charge in [-0.3, -0.25) is 0 Å². The first kappa shape index (κ1) is 11.4. The number of esters is 1. The molecule has 1 aromatic rings. The third-order valence-corrected chi connectivity index (χ3v) is 3.73. The van der Waals surface area contributed by atoms with Crippen molar-refractivity contribution in [2.75, 3.05) is 12.4 Å². The molecule has 1 saturated heterocycles. The van der Waals surface area contributed by atoms with Gasteiger partial charge in [0.15, 0.2) is 5.82 Å². The van der Waals surface area contributed by atoms with Gasteiger partial charge in [-0.1, -0.05) is 11.6 Å². The van der Waals surface area contributed by atoms with Crippen molar-refractivity contribution < 1.29 is 14.1 Å². The number of carbonyl (C=O) groups is 1. The van der Waals surface area contributed by atoms with Crippen LogP contribution in [0, 0.1) is 0 Å². The Hall–Kier alpha value is -1.04. The van der Waals surface area contributed by atoms with Crippen molar-refractivity contribution in [1.29, 1.82) is 0 Å². The third kappa shape index (κ3) is 2.55. The molecule has 0 saturated carbocycles. The Bertz CT molecular complexity index is 361. The van der Waals surface area contributed by atoms with Crippen LogP contribution in [0.1, 0.15) is 47.9 Å². The lowest BCUT2D eigenvalue weighted by atomic mass is 10.2. The van der Waals surface area contributed by atoms with E-state index in [4.69, 9.17) is 9.26 Å². The molecular formula is C10H14N2O3S. The first-order chi connectivity index (χ1) is 7.81. The van der Waals surface area contributed by atoms with Crippen molar-refractivity contribution in [3.8, 4) is 0 Å². The van der Waals surface area contributed by atoms with E-state index < -0.39 is 5.97 Å². The molecule has 6 heteroatoms. The van der Waals surface area contributed by atoms with Crippen LogP contribution >= 0.6 is 11.8 Å². The molecule has 5 nitrogen and oxygen atoms in total. The Morgan fingerprint density at radius 3 is 3.19 bits per heavy atom. The molecule has 1 fully saturated rings. The molecule has 0 radical (unpaired) electrons. The standard InChI is InChI=1S/C10H14N2O3S/c1-2-14-10(13)9-11-8(12-15-9)7-5-3-4-6-16-7/h7H,2-6H2,1H3. The largest absolute Gasteiger partial charge is 0.459 e. The fraction of sp³-hybridized carbons (Fsp3) is 0.700. The molecule has 16 heavy (non-hydrogen) atoms. The van der Waals surface area contributed by atoms with E-state index in [0.717, 1.165) is 12.2 Å². The van der Waals surface area contributed by atoms with Gasteiger partial charge in [-0.05, 0) is 25.5 Å². The minimum Gasteiger partial charge on any atom is -0.459 e. The molecule has 0 amide bonds. The molecule has 1 unspecified atom stereocenters. The minimum atomic E-state index is -0.540. The molecule has 88 valence electrons. The number of aromatic nitrogens is 2. The van der Waals surface area contributed by atoms with Gasteiger partial charge in [0, 0.05) is 0 Å². The van der Waals surface area contributed by atoms with Gasteiger partial charge in [-0.25, -0.2) is 4.79 Å². The second kappa shape index (κ2) is 5.34. The van der Waals surface area contributed by atoms with Gasteiger partial charge in [0.05, 0.1) is 11.9 Å². The highest BCUT2D eigenvalue weighted by Crippen LogP contribution is 2.36. The van der Waals surface area contributed by atoms with Crippen molar-refractivity contribution in [3.05, 3.63) is 11.7 Å². The van der Waals surface area contributed by atoms with E-state index in [2.05, 4.69) is 10.1 Å². The Balaban J connectivity index is 2.03. The predicted octanol–water partition coefficient (Wildman–Crippen LogP) is 2.20. The molecule has 0 aliphatic carbocycles. The summed E-state index contributed by atoms with van der Waals surface area (Å²) in [6.45, 7) is 2.06. The Morgan fingerprint density at radius 2 is 2.50 bits per heavy atom. The number of rotatable bonds is 3. The van der Waals surface area contributed by atoms with Crippen LogP contribution in [0.2, 0.25) is 0 Å². The minimum absolute atomic E-state index is 0.0389. The highest BCUT2D eigenvalue weighted by Gasteiger charge is 2.24. The van der Waals surface area contributed by atoms with Crippen LogP contribution < -0.4 is 0 Å². The van der Waals surface area contributed by atoms with E-state index in [9.17, 15) is 4.79 Å². The third-order valence-electron chi connectivity index (χ3n) is 2.36. The quantitative estimate of drug-likeness (QED) is 0.757. The zero-order valence-electron chi connectivity index (χ0n) is 9.14. The van der Waals surface area contributed by atoms with E-state index in [0.29, 0.717) is 12.4 Å². The van der Waals surface area contributed by atoms with E-state index in [1.165, 1.54) is 12.8 Å². The van der Waals surface area contributed by atoms with Crippen molar-refractivity contribution in [2.45, 2.75) is 31.4 Å². The fourth-order valence-corrected chi connectivity index (χ4v) is 2.82. The summed E-state index contributed by atoms with van der Waals surface area (Å²) in [5.41, 5.74) is 0. The predicted molar refractivity (Wildman–Crippen MR) is 59.3 cm³/mol. The van der Waals surface area contributed by atoms with Crippen LogP contribution in [0.15, 0.2) is 4.52 Å². The van der Waals surface area contributed by atoms with Gasteiger partial charge in [-0.15, -0.1) is 0 Å². The first-order valence-electron chi connectivity index (χ1n) is 5.43. The summed E-state index contributed by atoms with van der Waals surface area (Å²) in [7, 11) is 0. The maximum atomic E-state index is 11.3. The first-order valence-corrected chi connectivity index (χ1v) is 6.48. The van der Waals surface area contributed by atoms with Crippen LogP contribution in [0.25, 0.3) is 0 Å². The van der Waals surface area contributed by atoms with Gasteiger partial charge in [0.1, 0.15) is 0 Å². The SMILES string of the molecule is CCOC(=O)c1nc(C2CCCCS2)no1. The topological polar surface area (TPSA) is 65.2 Å². The van der Waals surface area contributed by atoms with Crippen LogP contribution in [0.3, 0.4) is 0 Å². The van der Waals surface area contributed by atoms with Crippen molar-refractivity contribution in [3.63, 3.8) is 0 Å². The highest BCUT2D eigenvalue weighted by molar-refractivity contribution is 7.99. The molecular weight excluding hydrogens is 228 g/mol. The molecule has 1 aromatic heterocycles. The summed E-state index contributed by atoms with van der Waals surface area (Å²) in [5, 5.41) is 4.10. The molecule has 2 rings (SSSR count). The second-order valence-electron chi connectivity index (χ2n) is 3.53. The molecule has 2 heterocycles. The zero-order chi connectivity index (χ0) is 11.4. The molecule has 1 aliphatic heterocycles. The van der Waals surface area contributed by atoms with E-state index >= 15 is 0 Å². The number of ether oxygens (including phenoxy) is 1. The Labute approximate surface area is 97.9 Å². The van der Waals surface area contributed by atoms with Crippen molar-refractivity contribution in [2.24, 2.45) is 0 Å². The lowest BCUT2D eigenvalue weighted by Gasteiger charge is -2.17. The van der Waals surface area contributed by atoms with E-state index in [1.54, 1.807) is 6.92 Å². The number of hydrogen-bond donors (Lipinski definition) is 0. The highest BCUT2D eigenvalue weighted by atomic mass is 32.2. The average molecular weight is 242 g/mol. The Morgan fingerprint density at radius 1 is 1.62 bits per heavy atom. The zero-order valence-corrected chi connectivity index (χ0v) is 9.96. The summed E-state index contributed by atoms with van der Waals surface area (Å²) < 4.78 is 9.67. The maximum absolute atomic E-state index is 11.3. The molecule has 0 bridgehead atoms. The van der Waals surface area contributed by atoms with Crippen LogP contribution in [0.4, 0.5) is 0 Å². The van der Waals surface area contributed by atoms with Crippen LogP contribution in [-0.4, -0.2) is 28.5 Å². The van der Waals surface area contributed by atoms with Gasteiger partial charge in [0.2, 0.25) is 0 Å². The maximum Gasteiger partial charge on any atom is 0.397 e. The lowest BCUT2D eigenvalue weighted by Crippen LogP contribution is -2.07. The molecule has 1 atom stereocenters. The van der Waals surface area contributed by atoms with Gasteiger partial charge in [0.25, 0.3) is 0 Å². The number of carbonyl (C=O) groups excluding carboxylic acids is 1. The van der Waals surface area contributed by atoms with Crippen LogP contribution in [0.5, 0.6) is 0 Å². The number of nitrogens with zero attached hydrogens (tertiary/aromatic N) is 2. The summed E-state index contributed by atoms with van der Waals surface area (Å²) >= 11 is 1.82. The summed E-state index contributed by atoms with van der Waals surface area (Å²) in [5.74, 6) is 1.16. The summed E-state index contributed by atoms with van der Waals surface area (Å²) in [6, 6.07) is 0. The summed E-state index contributed by atoms with van der Waals surface area (Å²) in [4.78, 5) is 15.4. The van der Waals surface area contributed by atoms with Gasteiger partial charge >= 0.3 is 11.9 Å². The normalized spacial score (nSPS) is 20.7. The number of thioether (sulfide) groups is 1. The second-order valence-corrected chi connectivity index (χ2v) is 4.84. The van der Waals surface area contributed by atoms with E-state index in [1.807, 2.05) is 11.8 Å². The number of hydrogen-bond acceptors (Lipinski definition) is 6. The molecule has 0 spiro atoms. The van der Waals surface area contributed by atoms with Crippen LogP contribution in [-0.2, 0) is 4.74 Å². The molecule has 0 aromatic carbocycles. The molecule has 0 N–H and O–H groups in total. The van der Waals surface area contributed by atoms with E-state index in [-0.39, 0.29) is 11.1 Å². The summed E-state index contributed by atoms with van der Waals surface area (Å²) in [6.07, 6.45) is 3.47. The lowest BCUT2D eigenvalue weighted by molar-refractivity contribution is 0.0470. The van der Waals surface area contributed by atoms with Crippen molar-refractivity contribution >= 4 is 17.7 Å². The van der Waals surface area contributed by atoms with Gasteiger partial charge < -0.3 is 9.26 Å². The fourth-order valence-electron chi connectivity index (χ4n) is 1.59. The van der Waals surface area contributed by atoms with Gasteiger partial charge in [-0.2, -0.15) is 16.7 Å². The monoisotopic (exact) mass is 242 g/mol. The smallest absolute Gasteiger partial charge is 0.397 e.